The summed E-state index contributed by atoms with van der Waals surface area (Å²) in [6, 6.07) is 11.2. The standard InChI is InChI=1S/C11H16N2.2ClH/c1-13-8-7-12-9-11(13)10-5-3-2-4-6-10;;/h2-6,11-12H,7-9H2,1H3;2*1H. The quantitative estimate of drug-likeness (QED) is 0.820. The molecule has 1 fully saturated rings. The molecule has 1 aromatic carbocycles. The third-order valence-corrected chi connectivity index (χ3v) is 2.70. The van der Waals surface area contributed by atoms with E-state index in [-0.39, 0.29) is 24.8 Å². The molecule has 2 nitrogen and oxygen atoms in total. The molecule has 0 aromatic heterocycles. The summed E-state index contributed by atoms with van der Waals surface area (Å²) in [5.41, 5.74) is 1.41. The molecule has 1 aliphatic heterocycles. The molecule has 1 aromatic rings. The number of hydrogen-bond donors (Lipinski definition) is 1. The smallest absolute Gasteiger partial charge is 0.0470 e. The Morgan fingerprint density at radius 3 is 2.47 bits per heavy atom. The molecule has 1 unspecified atom stereocenters. The van der Waals surface area contributed by atoms with E-state index in [1.807, 2.05) is 0 Å². The van der Waals surface area contributed by atoms with E-state index < -0.39 is 0 Å². The summed E-state index contributed by atoms with van der Waals surface area (Å²) >= 11 is 0. The molecule has 0 spiro atoms. The Balaban J connectivity index is 0.000000980. The van der Waals surface area contributed by atoms with E-state index in [1.54, 1.807) is 0 Å². The lowest BCUT2D eigenvalue weighted by atomic mass is 10.0. The van der Waals surface area contributed by atoms with Crippen molar-refractivity contribution < 1.29 is 0 Å². The number of piperazine rings is 1. The third-order valence-electron chi connectivity index (χ3n) is 2.70. The highest BCUT2D eigenvalue weighted by molar-refractivity contribution is 5.85. The Kier molecular flexibility index (Phi) is 6.94. The van der Waals surface area contributed by atoms with Gasteiger partial charge in [-0.2, -0.15) is 0 Å². The van der Waals surface area contributed by atoms with Crippen molar-refractivity contribution in [3.05, 3.63) is 35.9 Å². The summed E-state index contributed by atoms with van der Waals surface area (Å²) in [6.45, 7) is 3.32. The Hall–Kier alpha value is -0.280. The van der Waals surface area contributed by atoms with Crippen molar-refractivity contribution in [3.63, 3.8) is 0 Å². The largest absolute Gasteiger partial charge is 0.314 e. The first-order chi connectivity index (χ1) is 6.38. The van der Waals surface area contributed by atoms with Gasteiger partial charge in [0.05, 0.1) is 0 Å². The van der Waals surface area contributed by atoms with Crippen LogP contribution in [0.5, 0.6) is 0 Å². The Labute approximate surface area is 104 Å². The average molecular weight is 249 g/mol. The van der Waals surface area contributed by atoms with Crippen molar-refractivity contribution in [1.29, 1.82) is 0 Å². The molecule has 2 rings (SSSR count). The SMILES string of the molecule is CN1CCNCC1c1ccccc1.Cl.Cl. The predicted octanol–water partition coefficient (Wildman–Crippen LogP) is 2.11. The molecule has 4 heteroatoms. The minimum atomic E-state index is 0. The lowest BCUT2D eigenvalue weighted by molar-refractivity contribution is 0.202. The normalized spacial score (nSPS) is 21.3. The second-order valence-electron chi connectivity index (χ2n) is 3.61. The van der Waals surface area contributed by atoms with Gasteiger partial charge in [0, 0.05) is 25.7 Å². The van der Waals surface area contributed by atoms with E-state index in [0.29, 0.717) is 6.04 Å². The number of halogens is 2. The molecule has 0 radical (unpaired) electrons. The minimum Gasteiger partial charge on any atom is -0.314 e. The summed E-state index contributed by atoms with van der Waals surface area (Å²) in [7, 11) is 2.19. The van der Waals surface area contributed by atoms with Gasteiger partial charge in [-0.3, -0.25) is 4.90 Å². The number of nitrogens with one attached hydrogen (secondary N) is 1. The maximum absolute atomic E-state index is 3.42. The van der Waals surface area contributed by atoms with Crippen LogP contribution in [-0.2, 0) is 0 Å². The highest BCUT2D eigenvalue weighted by Gasteiger charge is 2.19. The second-order valence-corrected chi connectivity index (χ2v) is 3.61. The molecule has 0 saturated carbocycles. The number of rotatable bonds is 1. The van der Waals surface area contributed by atoms with Gasteiger partial charge >= 0.3 is 0 Å². The maximum atomic E-state index is 3.42. The molecule has 0 aliphatic carbocycles. The predicted molar refractivity (Wildman–Crippen MR) is 69.2 cm³/mol. The molecular formula is C11H18Cl2N2. The van der Waals surface area contributed by atoms with Gasteiger partial charge in [0.15, 0.2) is 0 Å². The molecule has 0 bridgehead atoms. The van der Waals surface area contributed by atoms with E-state index in [1.165, 1.54) is 5.56 Å². The van der Waals surface area contributed by atoms with E-state index in [0.717, 1.165) is 19.6 Å². The van der Waals surface area contributed by atoms with Crippen LogP contribution < -0.4 is 5.32 Å². The Bertz CT molecular complexity index is 267. The van der Waals surface area contributed by atoms with Crippen LogP contribution in [0.2, 0.25) is 0 Å². The zero-order valence-corrected chi connectivity index (χ0v) is 10.5. The van der Waals surface area contributed by atoms with Crippen molar-refractivity contribution in [1.82, 2.24) is 10.2 Å². The van der Waals surface area contributed by atoms with Crippen LogP contribution in [0.25, 0.3) is 0 Å². The van der Waals surface area contributed by atoms with Gasteiger partial charge in [0.1, 0.15) is 0 Å². The number of nitrogens with zero attached hydrogens (tertiary/aromatic N) is 1. The van der Waals surface area contributed by atoms with E-state index in [2.05, 4.69) is 47.6 Å². The fourth-order valence-electron chi connectivity index (χ4n) is 1.85. The van der Waals surface area contributed by atoms with Crippen molar-refractivity contribution in [2.45, 2.75) is 6.04 Å². The maximum Gasteiger partial charge on any atom is 0.0470 e. The molecule has 1 atom stereocenters. The Morgan fingerprint density at radius 1 is 1.20 bits per heavy atom. The van der Waals surface area contributed by atoms with Gasteiger partial charge in [0.25, 0.3) is 0 Å². The molecule has 0 amide bonds. The van der Waals surface area contributed by atoms with Crippen molar-refractivity contribution in [2.24, 2.45) is 0 Å². The first-order valence-corrected chi connectivity index (χ1v) is 4.84. The van der Waals surface area contributed by atoms with Crippen LogP contribution in [0.1, 0.15) is 11.6 Å². The number of benzene rings is 1. The van der Waals surface area contributed by atoms with Crippen LogP contribution in [0.4, 0.5) is 0 Å². The Morgan fingerprint density at radius 2 is 1.87 bits per heavy atom. The first-order valence-electron chi connectivity index (χ1n) is 4.84. The van der Waals surface area contributed by atoms with Gasteiger partial charge in [0.2, 0.25) is 0 Å². The van der Waals surface area contributed by atoms with Crippen LogP contribution >= 0.6 is 24.8 Å². The van der Waals surface area contributed by atoms with E-state index >= 15 is 0 Å². The summed E-state index contributed by atoms with van der Waals surface area (Å²) in [5, 5.41) is 3.42. The van der Waals surface area contributed by atoms with Crippen LogP contribution in [0.15, 0.2) is 30.3 Å². The monoisotopic (exact) mass is 248 g/mol. The summed E-state index contributed by atoms with van der Waals surface area (Å²) < 4.78 is 0. The zero-order chi connectivity index (χ0) is 9.10. The second kappa shape index (κ2) is 7.07. The van der Waals surface area contributed by atoms with Crippen molar-refractivity contribution in [3.8, 4) is 0 Å². The average Bonchev–Trinajstić information content (AvgIpc) is 2.20. The summed E-state index contributed by atoms with van der Waals surface area (Å²) in [4.78, 5) is 2.41. The van der Waals surface area contributed by atoms with Gasteiger partial charge in [-0.15, -0.1) is 24.8 Å². The van der Waals surface area contributed by atoms with Gasteiger partial charge < -0.3 is 5.32 Å². The van der Waals surface area contributed by atoms with Crippen LogP contribution in [-0.4, -0.2) is 31.6 Å². The first kappa shape index (κ1) is 14.7. The highest BCUT2D eigenvalue weighted by atomic mass is 35.5. The van der Waals surface area contributed by atoms with Gasteiger partial charge in [-0.25, -0.2) is 0 Å². The molecule has 86 valence electrons. The van der Waals surface area contributed by atoms with Crippen LogP contribution in [0, 0.1) is 0 Å². The van der Waals surface area contributed by atoms with Crippen molar-refractivity contribution >= 4 is 24.8 Å². The molecule has 1 aliphatic rings. The fourth-order valence-corrected chi connectivity index (χ4v) is 1.85. The third kappa shape index (κ3) is 3.65. The lowest BCUT2D eigenvalue weighted by Crippen LogP contribution is -2.43. The molecule has 15 heavy (non-hydrogen) atoms. The summed E-state index contributed by atoms with van der Waals surface area (Å²) in [6.07, 6.45) is 0. The molecule has 1 N–H and O–H groups in total. The fraction of sp³-hybridized carbons (Fsp3) is 0.455. The zero-order valence-electron chi connectivity index (χ0n) is 8.85. The van der Waals surface area contributed by atoms with E-state index in [9.17, 15) is 0 Å². The molecule has 1 saturated heterocycles. The van der Waals surface area contributed by atoms with Gasteiger partial charge in [-0.1, -0.05) is 30.3 Å². The van der Waals surface area contributed by atoms with E-state index in [4.69, 9.17) is 0 Å². The van der Waals surface area contributed by atoms with Gasteiger partial charge in [-0.05, 0) is 12.6 Å². The van der Waals surface area contributed by atoms with Crippen LogP contribution in [0.3, 0.4) is 0 Å². The number of hydrogen-bond acceptors (Lipinski definition) is 2. The minimum absolute atomic E-state index is 0. The lowest BCUT2D eigenvalue weighted by Gasteiger charge is -2.33. The van der Waals surface area contributed by atoms with Crippen molar-refractivity contribution in [2.75, 3.05) is 26.7 Å². The topological polar surface area (TPSA) is 15.3 Å². The number of likely N-dealkylation sites (N-methyl/N-ethyl adjacent to an activating group) is 1. The summed E-state index contributed by atoms with van der Waals surface area (Å²) in [5.74, 6) is 0. The highest BCUT2D eigenvalue weighted by Crippen LogP contribution is 2.19. The molecular weight excluding hydrogens is 231 g/mol. The molecule has 1 heterocycles.